The molecule has 0 aliphatic carbocycles. The van der Waals surface area contributed by atoms with Crippen LogP contribution in [0.2, 0.25) is 0 Å². The molecule has 0 radical (unpaired) electrons. The van der Waals surface area contributed by atoms with Crippen LogP contribution in [0.5, 0.6) is 0 Å². The van der Waals surface area contributed by atoms with Crippen LogP contribution >= 0.6 is 0 Å². The quantitative estimate of drug-likeness (QED) is 0.682. The van der Waals surface area contributed by atoms with E-state index < -0.39 is 0 Å². The summed E-state index contributed by atoms with van der Waals surface area (Å²) >= 11 is 0. The monoisotopic (exact) mass is 280 g/mol. The van der Waals surface area contributed by atoms with Crippen LogP contribution in [0, 0.1) is 0 Å². The first-order valence-corrected chi connectivity index (χ1v) is 7.13. The number of aromatic amines is 1. The molecule has 1 fully saturated rings. The Morgan fingerprint density at radius 2 is 2.24 bits per heavy atom. The van der Waals surface area contributed by atoms with Crippen molar-refractivity contribution >= 4 is 17.0 Å². The van der Waals surface area contributed by atoms with Gasteiger partial charge in [0.05, 0.1) is 11.9 Å². The Balaban J connectivity index is 1.72. The van der Waals surface area contributed by atoms with Gasteiger partial charge in [-0.25, -0.2) is 15.0 Å². The zero-order chi connectivity index (χ0) is 14.1. The summed E-state index contributed by atoms with van der Waals surface area (Å²) in [6.07, 6.45) is 6.55. The molecule has 1 aliphatic heterocycles. The van der Waals surface area contributed by atoms with Crippen molar-refractivity contribution in [2.45, 2.75) is 12.5 Å². The molecule has 1 saturated heterocycles. The maximum Gasteiger partial charge on any atom is 0.156 e. The van der Waals surface area contributed by atoms with Crippen LogP contribution < -0.4 is 10.6 Å². The number of fused-ring (bicyclic) bond motifs is 1. The number of hydrogen-bond donors (Lipinski definition) is 3. The van der Waals surface area contributed by atoms with E-state index >= 15 is 0 Å². The Morgan fingerprint density at radius 1 is 1.24 bits per heavy atom. The molecule has 0 bridgehead atoms. The van der Waals surface area contributed by atoms with Gasteiger partial charge in [-0.15, -0.1) is 0 Å². The number of H-pyrrole nitrogens is 1. The van der Waals surface area contributed by atoms with Gasteiger partial charge >= 0.3 is 0 Å². The summed E-state index contributed by atoms with van der Waals surface area (Å²) in [4.78, 5) is 16.6. The van der Waals surface area contributed by atoms with Crippen LogP contribution in [0.1, 0.15) is 6.42 Å². The molecule has 3 aromatic rings. The van der Waals surface area contributed by atoms with Gasteiger partial charge in [0, 0.05) is 30.5 Å². The average molecular weight is 280 g/mol. The van der Waals surface area contributed by atoms with Gasteiger partial charge in [0.2, 0.25) is 0 Å². The predicted octanol–water partition coefficient (Wildman–Crippen LogP) is 1.79. The van der Waals surface area contributed by atoms with E-state index in [0.717, 1.165) is 47.7 Å². The first-order chi connectivity index (χ1) is 10.4. The molecule has 6 heteroatoms. The van der Waals surface area contributed by atoms with E-state index in [4.69, 9.17) is 0 Å². The molecule has 0 aromatic carbocycles. The lowest BCUT2D eigenvalue weighted by atomic mass is 10.1. The van der Waals surface area contributed by atoms with E-state index in [9.17, 15) is 0 Å². The largest absolute Gasteiger partial charge is 0.365 e. The minimum Gasteiger partial charge on any atom is -0.365 e. The van der Waals surface area contributed by atoms with Gasteiger partial charge in [-0.2, -0.15) is 0 Å². The Bertz CT molecular complexity index is 759. The molecule has 3 N–H and O–H groups in total. The van der Waals surface area contributed by atoms with Gasteiger partial charge in [-0.1, -0.05) is 0 Å². The Labute approximate surface area is 122 Å². The van der Waals surface area contributed by atoms with Gasteiger partial charge in [-0.3, -0.25) is 0 Å². The highest BCUT2D eigenvalue weighted by molar-refractivity contribution is 5.78. The number of anilines is 1. The number of nitrogens with one attached hydrogen (secondary N) is 3. The molecule has 106 valence electrons. The van der Waals surface area contributed by atoms with Crippen LogP contribution in [0.15, 0.2) is 36.8 Å². The maximum absolute atomic E-state index is 4.65. The fourth-order valence-electron chi connectivity index (χ4n) is 2.66. The summed E-state index contributed by atoms with van der Waals surface area (Å²) in [5.74, 6) is 0.871. The van der Waals surface area contributed by atoms with Crippen LogP contribution in [-0.2, 0) is 0 Å². The minimum absolute atomic E-state index is 0.419. The third-order valence-corrected chi connectivity index (χ3v) is 3.75. The fraction of sp³-hybridized carbons (Fsp3) is 0.267. The summed E-state index contributed by atoms with van der Waals surface area (Å²) in [6.45, 7) is 2.02. The van der Waals surface area contributed by atoms with Crippen LogP contribution in [0.3, 0.4) is 0 Å². The van der Waals surface area contributed by atoms with Crippen molar-refractivity contribution in [2.75, 3.05) is 18.4 Å². The molecule has 0 amide bonds. The third kappa shape index (κ3) is 2.34. The molecule has 0 spiro atoms. The highest BCUT2D eigenvalue weighted by atomic mass is 15.1. The molecule has 4 rings (SSSR count). The number of rotatable bonds is 3. The lowest BCUT2D eigenvalue weighted by molar-refractivity contribution is 0.788. The summed E-state index contributed by atoms with van der Waals surface area (Å²) in [5, 5.41) is 6.85. The van der Waals surface area contributed by atoms with Crippen molar-refractivity contribution in [2.24, 2.45) is 0 Å². The van der Waals surface area contributed by atoms with Crippen LogP contribution in [-0.4, -0.2) is 39.1 Å². The number of hydrogen-bond acceptors (Lipinski definition) is 5. The summed E-state index contributed by atoms with van der Waals surface area (Å²) < 4.78 is 0. The molecule has 0 saturated carbocycles. The Morgan fingerprint density at radius 3 is 3.14 bits per heavy atom. The molecular weight excluding hydrogens is 264 g/mol. The van der Waals surface area contributed by atoms with E-state index in [1.807, 2.05) is 24.4 Å². The van der Waals surface area contributed by atoms with E-state index in [0.29, 0.717) is 6.04 Å². The summed E-state index contributed by atoms with van der Waals surface area (Å²) in [6, 6.07) is 6.30. The Kier molecular flexibility index (Phi) is 3.01. The van der Waals surface area contributed by atoms with Crippen LogP contribution in [0.4, 0.5) is 5.82 Å². The molecule has 21 heavy (non-hydrogen) atoms. The molecular formula is C15H16N6. The summed E-state index contributed by atoms with van der Waals surface area (Å²) in [5.41, 5.74) is 3.49. The lowest BCUT2D eigenvalue weighted by Gasteiger charge is -2.15. The zero-order valence-electron chi connectivity index (χ0n) is 11.5. The maximum atomic E-state index is 4.65. The SMILES string of the molecule is c1cnc(N[C@H]2CCNC2)c(-c2cnc3[nH]ccc3n2)c1. The van der Waals surface area contributed by atoms with Crippen molar-refractivity contribution < 1.29 is 0 Å². The molecule has 4 heterocycles. The van der Waals surface area contributed by atoms with E-state index in [1.54, 1.807) is 12.4 Å². The summed E-state index contributed by atoms with van der Waals surface area (Å²) in [7, 11) is 0. The highest BCUT2D eigenvalue weighted by Gasteiger charge is 2.17. The third-order valence-electron chi connectivity index (χ3n) is 3.75. The second-order valence-electron chi connectivity index (χ2n) is 5.20. The lowest BCUT2D eigenvalue weighted by Crippen LogP contribution is -2.23. The van der Waals surface area contributed by atoms with E-state index in [1.165, 1.54) is 0 Å². The standard InChI is InChI=1S/C15H16N6/c1-2-11(13-9-19-15-12(21-13)4-7-18-15)14(17-5-1)20-10-3-6-16-8-10/h1-2,4-5,7,9-10,16H,3,6,8H2,(H,17,20)(H,18,19)/t10-/m0/s1. The molecule has 6 nitrogen and oxygen atoms in total. The van der Waals surface area contributed by atoms with Gasteiger partial charge < -0.3 is 15.6 Å². The molecule has 3 aromatic heterocycles. The second kappa shape index (κ2) is 5.14. The zero-order valence-corrected chi connectivity index (χ0v) is 11.5. The van der Waals surface area contributed by atoms with E-state index in [2.05, 4.69) is 30.6 Å². The van der Waals surface area contributed by atoms with E-state index in [-0.39, 0.29) is 0 Å². The van der Waals surface area contributed by atoms with Gasteiger partial charge in [0.25, 0.3) is 0 Å². The molecule has 1 atom stereocenters. The van der Waals surface area contributed by atoms with Crippen LogP contribution in [0.25, 0.3) is 22.4 Å². The van der Waals surface area contributed by atoms with Crippen molar-refractivity contribution in [1.82, 2.24) is 25.3 Å². The highest BCUT2D eigenvalue weighted by Crippen LogP contribution is 2.26. The first-order valence-electron chi connectivity index (χ1n) is 7.13. The number of nitrogens with zero attached hydrogens (tertiary/aromatic N) is 3. The molecule has 0 unspecified atom stereocenters. The Hall–Kier alpha value is -2.47. The van der Waals surface area contributed by atoms with Crippen molar-refractivity contribution in [3.8, 4) is 11.3 Å². The van der Waals surface area contributed by atoms with Crippen molar-refractivity contribution in [1.29, 1.82) is 0 Å². The predicted molar refractivity (Wildman–Crippen MR) is 82.0 cm³/mol. The number of pyridine rings is 1. The second-order valence-corrected chi connectivity index (χ2v) is 5.20. The smallest absolute Gasteiger partial charge is 0.156 e. The van der Waals surface area contributed by atoms with Crippen molar-refractivity contribution in [3.63, 3.8) is 0 Å². The normalized spacial score (nSPS) is 18.2. The average Bonchev–Trinajstić information content (AvgIpc) is 3.18. The fourth-order valence-corrected chi connectivity index (χ4v) is 2.66. The van der Waals surface area contributed by atoms with Gasteiger partial charge in [0.15, 0.2) is 5.65 Å². The minimum atomic E-state index is 0.419. The van der Waals surface area contributed by atoms with Gasteiger partial charge in [0.1, 0.15) is 11.3 Å². The first kappa shape index (κ1) is 12.3. The number of aromatic nitrogens is 4. The molecule has 1 aliphatic rings. The van der Waals surface area contributed by atoms with Crippen molar-refractivity contribution in [3.05, 3.63) is 36.8 Å². The van der Waals surface area contributed by atoms with Gasteiger partial charge in [-0.05, 0) is 31.2 Å². The topological polar surface area (TPSA) is 78.5 Å².